The summed E-state index contributed by atoms with van der Waals surface area (Å²) >= 11 is 5.53. The number of nitrogen functional groups attached to an aromatic ring is 1. The van der Waals surface area contributed by atoms with Gasteiger partial charge in [-0.15, -0.1) is 13.2 Å². The predicted octanol–water partition coefficient (Wildman–Crippen LogP) is 1.92. The molecule has 16 heavy (non-hydrogen) atoms. The van der Waals surface area contributed by atoms with Gasteiger partial charge in [0.05, 0.1) is 5.02 Å². The van der Waals surface area contributed by atoms with Crippen molar-refractivity contribution in [2.24, 2.45) is 5.73 Å². The zero-order chi connectivity index (χ0) is 12.5. The first-order chi connectivity index (χ1) is 7.20. The lowest BCUT2D eigenvalue weighted by molar-refractivity contribution is -0.274. The van der Waals surface area contributed by atoms with E-state index in [4.69, 9.17) is 23.1 Å². The Morgan fingerprint density at radius 3 is 2.38 bits per heavy atom. The van der Waals surface area contributed by atoms with Crippen LogP contribution >= 0.6 is 11.6 Å². The average Bonchev–Trinajstić information content (AvgIpc) is 1.96. The number of halogens is 4. The van der Waals surface area contributed by atoms with Crippen molar-refractivity contribution in [2.75, 3.05) is 5.73 Å². The SMILES string of the molecule is NC(=O)c1c(Cl)cc(N)cc1OC(F)(F)F. The normalized spacial score (nSPS) is 11.2. The molecule has 1 aromatic rings. The number of primary amides is 1. The van der Waals surface area contributed by atoms with E-state index in [-0.39, 0.29) is 10.7 Å². The summed E-state index contributed by atoms with van der Waals surface area (Å²) in [7, 11) is 0. The van der Waals surface area contributed by atoms with Crippen molar-refractivity contribution in [2.45, 2.75) is 6.36 Å². The maximum absolute atomic E-state index is 12.0. The lowest BCUT2D eigenvalue weighted by atomic mass is 10.1. The fourth-order valence-corrected chi connectivity index (χ4v) is 1.36. The molecule has 0 heterocycles. The Hall–Kier alpha value is -1.63. The van der Waals surface area contributed by atoms with Gasteiger partial charge in [0.2, 0.25) is 0 Å². The summed E-state index contributed by atoms with van der Waals surface area (Å²) in [6, 6.07) is 1.92. The van der Waals surface area contributed by atoms with E-state index in [2.05, 4.69) is 4.74 Å². The van der Waals surface area contributed by atoms with Gasteiger partial charge in [-0.3, -0.25) is 4.79 Å². The number of ether oxygens (including phenoxy) is 1. The van der Waals surface area contributed by atoms with Crippen molar-refractivity contribution in [1.29, 1.82) is 0 Å². The molecule has 1 aromatic carbocycles. The molecule has 0 aliphatic heterocycles. The third-order valence-corrected chi connectivity index (χ3v) is 1.85. The molecule has 4 nitrogen and oxygen atoms in total. The second-order valence-electron chi connectivity index (χ2n) is 2.79. The van der Waals surface area contributed by atoms with E-state index in [1.165, 1.54) is 0 Å². The molecule has 1 rings (SSSR count). The van der Waals surface area contributed by atoms with Gasteiger partial charge in [-0.1, -0.05) is 11.6 Å². The molecule has 0 atom stereocenters. The monoisotopic (exact) mass is 254 g/mol. The third kappa shape index (κ3) is 2.93. The maximum atomic E-state index is 12.0. The van der Waals surface area contributed by atoms with E-state index in [1.54, 1.807) is 0 Å². The fraction of sp³-hybridized carbons (Fsp3) is 0.125. The number of hydrogen-bond donors (Lipinski definition) is 2. The smallest absolute Gasteiger partial charge is 0.405 e. The number of amides is 1. The minimum atomic E-state index is -4.96. The van der Waals surface area contributed by atoms with Crippen molar-refractivity contribution in [3.8, 4) is 5.75 Å². The highest BCUT2D eigenvalue weighted by Gasteiger charge is 2.33. The molecular weight excluding hydrogens is 249 g/mol. The highest BCUT2D eigenvalue weighted by Crippen LogP contribution is 2.33. The molecule has 0 fully saturated rings. The van der Waals surface area contributed by atoms with Crippen LogP contribution in [-0.4, -0.2) is 12.3 Å². The van der Waals surface area contributed by atoms with E-state index in [9.17, 15) is 18.0 Å². The van der Waals surface area contributed by atoms with Crippen LogP contribution in [0.1, 0.15) is 10.4 Å². The number of benzene rings is 1. The van der Waals surface area contributed by atoms with Gasteiger partial charge in [0.15, 0.2) is 0 Å². The molecule has 88 valence electrons. The standard InChI is InChI=1S/C8H6ClF3N2O2/c9-4-1-3(13)2-5(6(4)7(14)15)16-8(10,11)12/h1-2H,13H2,(H2,14,15). The lowest BCUT2D eigenvalue weighted by Crippen LogP contribution is -2.21. The molecule has 8 heteroatoms. The van der Waals surface area contributed by atoms with Crippen molar-refractivity contribution in [3.63, 3.8) is 0 Å². The Morgan fingerprint density at radius 2 is 1.94 bits per heavy atom. The molecule has 0 aromatic heterocycles. The van der Waals surface area contributed by atoms with E-state index in [0.29, 0.717) is 0 Å². The van der Waals surface area contributed by atoms with E-state index in [0.717, 1.165) is 12.1 Å². The number of anilines is 1. The van der Waals surface area contributed by atoms with Crippen LogP contribution in [0.5, 0.6) is 5.75 Å². The first-order valence-electron chi connectivity index (χ1n) is 3.85. The Bertz CT molecular complexity index is 434. The number of carbonyl (C=O) groups is 1. The van der Waals surface area contributed by atoms with Gasteiger partial charge in [0.25, 0.3) is 5.91 Å². The van der Waals surface area contributed by atoms with Gasteiger partial charge in [-0.25, -0.2) is 0 Å². The largest absolute Gasteiger partial charge is 0.573 e. The minimum Gasteiger partial charge on any atom is -0.405 e. The minimum absolute atomic E-state index is 0.0748. The number of hydrogen-bond acceptors (Lipinski definition) is 3. The molecule has 1 amide bonds. The van der Waals surface area contributed by atoms with Crippen LogP contribution in [0.4, 0.5) is 18.9 Å². The first kappa shape index (κ1) is 12.4. The molecule has 0 radical (unpaired) electrons. The Morgan fingerprint density at radius 1 is 1.38 bits per heavy atom. The molecule has 0 saturated heterocycles. The molecule has 0 saturated carbocycles. The number of alkyl halides is 3. The predicted molar refractivity (Wildman–Crippen MR) is 51.1 cm³/mol. The summed E-state index contributed by atoms with van der Waals surface area (Å²) in [6.45, 7) is 0. The molecule has 0 unspecified atom stereocenters. The molecule has 0 spiro atoms. The van der Waals surface area contributed by atoms with Crippen molar-refractivity contribution < 1.29 is 22.7 Å². The van der Waals surface area contributed by atoms with Gasteiger partial charge in [0.1, 0.15) is 11.3 Å². The van der Waals surface area contributed by atoms with Crippen molar-refractivity contribution in [1.82, 2.24) is 0 Å². The van der Waals surface area contributed by atoms with Crippen LogP contribution < -0.4 is 16.2 Å². The van der Waals surface area contributed by atoms with Gasteiger partial charge in [0, 0.05) is 11.8 Å². The van der Waals surface area contributed by atoms with Crippen molar-refractivity contribution >= 4 is 23.2 Å². The van der Waals surface area contributed by atoms with Crippen LogP contribution in [0, 0.1) is 0 Å². The van der Waals surface area contributed by atoms with Gasteiger partial charge in [-0.2, -0.15) is 0 Å². The zero-order valence-electron chi connectivity index (χ0n) is 7.64. The average molecular weight is 255 g/mol. The summed E-state index contributed by atoms with van der Waals surface area (Å²) in [5, 5.41) is -0.299. The molecular formula is C8H6ClF3N2O2. The molecule has 0 bridgehead atoms. The molecule has 4 N–H and O–H groups in total. The molecule has 0 aliphatic rings. The summed E-state index contributed by atoms with van der Waals surface area (Å²) in [4.78, 5) is 10.9. The van der Waals surface area contributed by atoms with Gasteiger partial charge < -0.3 is 16.2 Å². The fourth-order valence-electron chi connectivity index (χ4n) is 1.05. The Labute approximate surface area is 92.9 Å². The summed E-state index contributed by atoms with van der Waals surface area (Å²) in [5.41, 5.74) is 9.50. The highest BCUT2D eigenvalue weighted by atomic mass is 35.5. The van der Waals surface area contributed by atoms with Crippen LogP contribution in [-0.2, 0) is 0 Å². The van der Waals surface area contributed by atoms with Gasteiger partial charge >= 0.3 is 6.36 Å². The quantitative estimate of drug-likeness (QED) is 0.792. The van der Waals surface area contributed by atoms with Crippen LogP contribution in [0.3, 0.4) is 0 Å². The number of rotatable bonds is 2. The zero-order valence-corrected chi connectivity index (χ0v) is 8.39. The highest BCUT2D eigenvalue weighted by molar-refractivity contribution is 6.34. The second kappa shape index (κ2) is 4.09. The summed E-state index contributed by atoms with van der Waals surface area (Å²) in [6.07, 6.45) is -4.96. The van der Waals surface area contributed by atoms with Crippen molar-refractivity contribution in [3.05, 3.63) is 22.7 Å². The Balaban J connectivity index is 3.30. The topological polar surface area (TPSA) is 78.3 Å². The van der Waals surface area contributed by atoms with Crippen LogP contribution in [0.2, 0.25) is 5.02 Å². The summed E-state index contributed by atoms with van der Waals surface area (Å²) < 4.78 is 39.6. The lowest BCUT2D eigenvalue weighted by Gasteiger charge is -2.13. The second-order valence-corrected chi connectivity index (χ2v) is 3.20. The van der Waals surface area contributed by atoms with E-state index < -0.39 is 23.6 Å². The number of carbonyl (C=O) groups excluding carboxylic acids is 1. The number of nitrogens with two attached hydrogens (primary N) is 2. The van der Waals surface area contributed by atoms with Gasteiger partial charge in [-0.05, 0) is 6.07 Å². The molecule has 0 aliphatic carbocycles. The van der Waals surface area contributed by atoms with Crippen LogP contribution in [0.25, 0.3) is 0 Å². The Kier molecular flexibility index (Phi) is 3.18. The van der Waals surface area contributed by atoms with Crippen LogP contribution in [0.15, 0.2) is 12.1 Å². The van der Waals surface area contributed by atoms with E-state index in [1.807, 2.05) is 0 Å². The third-order valence-electron chi connectivity index (χ3n) is 1.55. The first-order valence-corrected chi connectivity index (χ1v) is 4.23. The maximum Gasteiger partial charge on any atom is 0.573 e. The summed E-state index contributed by atoms with van der Waals surface area (Å²) in [5.74, 6) is -1.95. The van der Waals surface area contributed by atoms with E-state index >= 15 is 0 Å².